The molecule has 4 heteroatoms. The number of hydrogen-bond donors (Lipinski definition) is 0. The van der Waals surface area contributed by atoms with Crippen LogP contribution < -0.4 is 0 Å². The van der Waals surface area contributed by atoms with Crippen LogP contribution in [-0.2, 0) is 0 Å². The first-order valence-electron chi connectivity index (χ1n) is 7.25. The van der Waals surface area contributed by atoms with Gasteiger partial charge in [-0.3, -0.25) is 4.79 Å². The van der Waals surface area contributed by atoms with E-state index in [9.17, 15) is 4.79 Å². The van der Waals surface area contributed by atoms with Gasteiger partial charge in [0.25, 0.3) is 5.91 Å². The lowest BCUT2D eigenvalue weighted by Crippen LogP contribution is -2.39. The van der Waals surface area contributed by atoms with Gasteiger partial charge in [0.1, 0.15) is 0 Å². The molecular formula is C16H21BrClNO. The number of rotatable bonds is 3. The quantitative estimate of drug-likeness (QED) is 0.732. The Labute approximate surface area is 134 Å². The summed E-state index contributed by atoms with van der Waals surface area (Å²) in [5.74, 6) is 0.932. The van der Waals surface area contributed by atoms with Crippen molar-refractivity contribution >= 4 is 33.4 Å². The normalized spacial score (nSPS) is 22.6. The summed E-state index contributed by atoms with van der Waals surface area (Å²) in [5, 5.41) is 0.632. The summed E-state index contributed by atoms with van der Waals surface area (Å²) in [6.45, 7) is 2.26. The summed E-state index contributed by atoms with van der Waals surface area (Å²) in [5.41, 5.74) is 0.696. The smallest absolute Gasteiger partial charge is 0.253 e. The van der Waals surface area contributed by atoms with Gasteiger partial charge in [-0.1, -0.05) is 24.9 Å². The minimum atomic E-state index is 0.0855. The van der Waals surface area contributed by atoms with E-state index in [2.05, 4.69) is 22.9 Å². The van der Waals surface area contributed by atoms with Gasteiger partial charge in [-0.05, 0) is 65.7 Å². The Morgan fingerprint density at radius 1 is 1.35 bits per heavy atom. The lowest BCUT2D eigenvalue weighted by molar-refractivity contribution is 0.0674. The Morgan fingerprint density at radius 2 is 2.00 bits per heavy atom. The van der Waals surface area contributed by atoms with Crippen molar-refractivity contribution in [2.75, 3.05) is 7.05 Å². The zero-order valence-electron chi connectivity index (χ0n) is 12.0. The van der Waals surface area contributed by atoms with E-state index in [0.29, 0.717) is 16.6 Å². The van der Waals surface area contributed by atoms with Gasteiger partial charge in [0, 0.05) is 23.1 Å². The van der Waals surface area contributed by atoms with Crippen LogP contribution in [-0.4, -0.2) is 23.9 Å². The minimum Gasteiger partial charge on any atom is -0.339 e. The minimum absolute atomic E-state index is 0.0855. The molecule has 0 atom stereocenters. The average molecular weight is 359 g/mol. The number of hydrogen-bond acceptors (Lipinski definition) is 1. The molecule has 110 valence electrons. The van der Waals surface area contributed by atoms with Crippen molar-refractivity contribution in [3.63, 3.8) is 0 Å². The van der Waals surface area contributed by atoms with Crippen LogP contribution in [0.3, 0.4) is 0 Å². The van der Waals surface area contributed by atoms with E-state index in [4.69, 9.17) is 11.6 Å². The fraction of sp³-hybridized carbons (Fsp3) is 0.562. The third-order valence-corrected chi connectivity index (χ3v) is 5.64. The van der Waals surface area contributed by atoms with E-state index in [1.165, 1.54) is 19.3 Å². The predicted molar refractivity (Wildman–Crippen MR) is 87.3 cm³/mol. The number of carbonyl (C=O) groups excluding carboxylic acids is 1. The molecule has 2 nitrogen and oxygen atoms in total. The van der Waals surface area contributed by atoms with Crippen molar-refractivity contribution in [1.82, 2.24) is 4.90 Å². The molecule has 1 aromatic carbocycles. The highest BCUT2D eigenvalue weighted by Gasteiger charge is 2.26. The summed E-state index contributed by atoms with van der Waals surface area (Å²) in [6, 6.07) is 5.74. The predicted octanol–water partition coefficient (Wildman–Crippen LogP) is 5.14. The van der Waals surface area contributed by atoms with Crippen LogP contribution in [0, 0.1) is 5.92 Å². The van der Waals surface area contributed by atoms with Gasteiger partial charge in [0.05, 0.1) is 5.02 Å². The molecule has 0 radical (unpaired) electrons. The number of carbonyl (C=O) groups is 1. The summed E-state index contributed by atoms with van der Waals surface area (Å²) in [4.78, 5) is 14.4. The second-order valence-electron chi connectivity index (χ2n) is 5.63. The van der Waals surface area contributed by atoms with E-state index in [1.54, 1.807) is 18.2 Å². The van der Waals surface area contributed by atoms with Gasteiger partial charge < -0.3 is 4.90 Å². The van der Waals surface area contributed by atoms with Crippen LogP contribution in [0.2, 0.25) is 5.02 Å². The highest BCUT2D eigenvalue weighted by molar-refractivity contribution is 9.10. The highest BCUT2D eigenvalue weighted by atomic mass is 79.9. The van der Waals surface area contributed by atoms with E-state index < -0.39 is 0 Å². The molecule has 1 amide bonds. The van der Waals surface area contributed by atoms with Crippen molar-refractivity contribution in [2.24, 2.45) is 5.92 Å². The molecule has 0 aliphatic heterocycles. The molecule has 1 fully saturated rings. The third-order valence-electron chi connectivity index (χ3n) is 4.43. The molecule has 0 bridgehead atoms. The number of benzene rings is 1. The molecule has 0 aromatic heterocycles. The Morgan fingerprint density at radius 3 is 2.55 bits per heavy atom. The molecule has 1 aliphatic carbocycles. The average Bonchev–Trinajstić information content (AvgIpc) is 2.48. The number of halogens is 2. The van der Waals surface area contributed by atoms with E-state index in [1.807, 2.05) is 11.9 Å². The van der Waals surface area contributed by atoms with Crippen molar-refractivity contribution in [1.29, 1.82) is 0 Å². The molecule has 0 unspecified atom stereocenters. The molecule has 1 aliphatic rings. The first-order chi connectivity index (χ1) is 9.52. The van der Waals surface area contributed by atoms with Crippen LogP contribution in [0.15, 0.2) is 22.7 Å². The molecule has 0 N–H and O–H groups in total. The largest absolute Gasteiger partial charge is 0.339 e. The van der Waals surface area contributed by atoms with Gasteiger partial charge in [-0.25, -0.2) is 0 Å². The maximum absolute atomic E-state index is 12.5. The van der Waals surface area contributed by atoms with Gasteiger partial charge in [0.15, 0.2) is 0 Å². The molecule has 1 saturated carbocycles. The lowest BCUT2D eigenvalue weighted by atomic mass is 9.84. The monoisotopic (exact) mass is 357 g/mol. The summed E-state index contributed by atoms with van der Waals surface area (Å²) >= 11 is 9.35. The van der Waals surface area contributed by atoms with E-state index >= 15 is 0 Å². The highest BCUT2D eigenvalue weighted by Crippen LogP contribution is 2.30. The molecular weight excluding hydrogens is 338 g/mol. The molecule has 0 spiro atoms. The molecule has 0 saturated heterocycles. The van der Waals surface area contributed by atoms with E-state index in [0.717, 1.165) is 23.2 Å². The Balaban J connectivity index is 2.03. The lowest BCUT2D eigenvalue weighted by Gasteiger charge is -2.34. The molecule has 0 heterocycles. The summed E-state index contributed by atoms with van der Waals surface area (Å²) in [7, 11) is 1.92. The van der Waals surface area contributed by atoms with Crippen LogP contribution in [0.4, 0.5) is 0 Å². The second-order valence-corrected chi connectivity index (χ2v) is 6.89. The van der Waals surface area contributed by atoms with Crippen molar-refractivity contribution < 1.29 is 4.79 Å². The third kappa shape index (κ3) is 3.56. The van der Waals surface area contributed by atoms with Gasteiger partial charge in [-0.2, -0.15) is 0 Å². The van der Waals surface area contributed by atoms with Crippen LogP contribution in [0.25, 0.3) is 0 Å². The number of amides is 1. The Kier molecular flexibility index (Phi) is 5.50. The fourth-order valence-corrected chi connectivity index (χ4v) is 3.44. The SMILES string of the molecule is CCC1CCC(N(C)C(=O)c2ccc(Cl)c(Br)c2)CC1. The maximum atomic E-state index is 12.5. The molecule has 1 aromatic rings. The first-order valence-corrected chi connectivity index (χ1v) is 8.42. The van der Waals surface area contributed by atoms with Crippen LogP contribution in [0.5, 0.6) is 0 Å². The second kappa shape index (κ2) is 6.95. The summed E-state index contributed by atoms with van der Waals surface area (Å²) < 4.78 is 0.771. The first kappa shape index (κ1) is 15.8. The Hall–Kier alpha value is -0.540. The standard InChI is InChI=1S/C16H21BrClNO/c1-3-11-4-7-13(8-5-11)19(2)16(20)12-6-9-15(18)14(17)10-12/h6,9-11,13H,3-5,7-8H2,1-2H3. The molecule has 2 rings (SSSR count). The fourth-order valence-electron chi connectivity index (χ4n) is 2.94. The van der Waals surface area contributed by atoms with Crippen LogP contribution in [0.1, 0.15) is 49.4 Å². The van der Waals surface area contributed by atoms with Crippen LogP contribution >= 0.6 is 27.5 Å². The zero-order chi connectivity index (χ0) is 14.7. The number of nitrogens with zero attached hydrogens (tertiary/aromatic N) is 1. The zero-order valence-corrected chi connectivity index (χ0v) is 14.4. The molecule has 20 heavy (non-hydrogen) atoms. The van der Waals surface area contributed by atoms with Crippen molar-refractivity contribution in [2.45, 2.75) is 45.1 Å². The van der Waals surface area contributed by atoms with Crippen molar-refractivity contribution in [3.05, 3.63) is 33.3 Å². The van der Waals surface area contributed by atoms with Gasteiger partial charge in [0.2, 0.25) is 0 Å². The van der Waals surface area contributed by atoms with Gasteiger partial charge in [-0.15, -0.1) is 0 Å². The topological polar surface area (TPSA) is 20.3 Å². The van der Waals surface area contributed by atoms with Crippen molar-refractivity contribution in [3.8, 4) is 0 Å². The van der Waals surface area contributed by atoms with E-state index in [-0.39, 0.29) is 5.91 Å². The summed E-state index contributed by atoms with van der Waals surface area (Å²) in [6.07, 6.45) is 5.98. The van der Waals surface area contributed by atoms with Gasteiger partial charge >= 0.3 is 0 Å². The maximum Gasteiger partial charge on any atom is 0.253 e. The Bertz CT molecular complexity index is 483.